The van der Waals surface area contributed by atoms with E-state index in [1.165, 1.54) is 4.90 Å². The van der Waals surface area contributed by atoms with E-state index in [-0.39, 0.29) is 24.0 Å². The van der Waals surface area contributed by atoms with E-state index in [2.05, 4.69) is 10.6 Å². The van der Waals surface area contributed by atoms with Gasteiger partial charge in [0.2, 0.25) is 5.91 Å². The maximum atomic E-state index is 12.9. The van der Waals surface area contributed by atoms with Crippen LogP contribution in [-0.4, -0.2) is 65.3 Å². The molecular formula is C17H29N3O5. The molecule has 2 aliphatic heterocycles. The van der Waals surface area contributed by atoms with Crippen LogP contribution < -0.4 is 10.6 Å². The monoisotopic (exact) mass is 355 g/mol. The topological polar surface area (TPSA) is 111 Å². The number of nitrogens with one attached hydrogen (secondary N) is 2. The molecule has 2 heterocycles. The average Bonchev–Trinajstić information content (AvgIpc) is 3.20. The lowest BCUT2D eigenvalue weighted by Crippen LogP contribution is -2.55. The Hall–Kier alpha value is -1.67. The van der Waals surface area contributed by atoms with Gasteiger partial charge in [-0.1, -0.05) is 27.2 Å². The highest BCUT2D eigenvalue weighted by atomic mass is 16.6. The fourth-order valence-electron chi connectivity index (χ4n) is 3.14. The first kappa shape index (κ1) is 19.7. The van der Waals surface area contributed by atoms with E-state index < -0.39 is 24.2 Å². The third-order valence-electron chi connectivity index (χ3n) is 4.94. The lowest BCUT2D eigenvalue weighted by molar-refractivity contribution is -0.150. The highest BCUT2D eigenvalue weighted by Crippen LogP contribution is 2.23. The van der Waals surface area contributed by atoms with Gasteiger partial charge < -0.3 is 20.1 Å². The molecule has 8 heteroatoms. The van der Waals surface area contributed by atoms with E-state index in [1.807, 2.05) is 20.8 Å². The van der Waals surface area contributed by atoms with Gasteiger partial charge in [0, 0.05) is 6.54 Å². The van der Waals surface area contributed by atoms with Gasteiger partial charge in [-0.2, -0.15) is 0 Å². The van der Waals surface area contributed by atoms with Crippen molar-refractivity contribution in [3.05, 3.63) is 0 Å². The first-order valence-corrected chi connectivity index (χ1v) is 9.13. The van der Waals surface area contributed by atoms with Crippen molar-refractivity contribution in [2.24, 2.45) is 5.92 Å². The number of hydrogen-bond acceptors (Lipinski definition) is 5. The summed E-state index contributed by atoms with van der Waals surface area (Å²) >= 11 is 0. The Morgan fingerprint density at radius 2 is 2.04 bits per heavy atom. The second kappa shape index (κ2) is 8.62. The molecule has 25 heavy (non-hydrogen) atoms. The van der Waals surface area contributed by atoms with Crippen molar-refractivity contribution < 1.29 is 24.2 Å². The standard InChI is InChI=1S/C17H29N3O5/c1-4-8-18-15-13(25-15)14(21)19-12(10(3)5-2)16(22)20-9-6-7-11(20)17(23)24/h10-13,15,18H,4-9H2,1-3H3,(H,19,21)(H,23,24)/t10?,11-,12+,13?,15?/m1/s1. The minimum absolute atomic E-state index is 0.0905. The van der Waals surface area contributed by atoms with Gasteiger partial charge in [-0.3, -0.25) is 14.9 Å². The van der Waals surface area contributed by atoms with Crippen LogP contribution in [-0.2, 0) is 19.1 Å². The summed E-state index contributed by atoms with van der Waals surface area (Å²) in [5, 5.41) is 15.2. The molecule has 2 rings (SSSR count). The quantitative estimate of drug-likeness (QED) is 0.514. The zero-order valence-corrected chi connectivity index (χ0v) is 15.2. The number of rotatable bonds is 9. The number of hydrogen-bond donors (Lipinski definition) is 3. The fraction of sp³-hybridized carbons (Fsp3) is 0.824. The van der Waals surface area contributed by atoms with Crippen molar-refractivity contribution >= 4 is 17.8 Å². The molecule has 3 N–H and O–H groups in total. The van der Waals surface area contributed by atoms with Crippen molar-refractivity contribution in [3.8, 4) is 0 Å². The van der Waals surface area contributed by atoms with Gasteiger partial charge in [-0.25, -0.2) is 4.79 Å². The maximum Gasteiger partial charge on any atom is 0.326 e. The highest BCUT2D eigenvalue weighted by molar-refractivity contribution is 5.92. The predicted octanol–water partition coefficient (Wildman–Crippen LogP) is 0.317. The first-order chi connectivity index (χ1) is 11.9. The van der Waals surface area contributed by atoms with E-state index in [1.54, 1.807) is 0 Å². The summed E-state index contributed by atoms with van der Waals surface area (Å²) in [5.41, 5.74) is 0. The van der Waals surface area contributed by atoms with E-state index in [4.69, 9.17) is 4.74 Å². The molecule has 0 bridgehead atoms. The van der Waals surface area contributed by atoms with Gasteiger partial charge in [-0.15, -0.1) is 0 Å². The van der Waals surface area contributed by atoms with Crippen LogP contribution in [0.4, 0.5) is 0 Å². The normalized spacial score (nSPS) is 27.6. The first-order valence-electron chi connectivity index (χ1n) is 9.13. The van der Waals surface area contributed by atoms with Gasteiger partial charge in [0.15, 0.2) is 6.10 Å². The van der Waals surface area contributed by atoms with Gasteiger partial charge >= 0.3 is 5.97 Å². The summed E-state index contributed by atoms with van der Waals surface area (Å²) in [4.78, 5) is 38.0. The maximum absolute atomic E-state index is 12.9. The molecule has 2 saturated heterocycles. The third-order valence-corrected chi connectivity index (χ3v) is 4.94. The van der Waals surface area contributed by atoms with Crippen molar-refractivity contribution in [2.45, 2.75) is 70.9 Å². The molecule has 2 fully saturated rings. The smallest absolute Gasteiger partial charge is 0.326 e. The zero-order valence-electron chi connectivity index (χ0n) is 15.2. The van der Waals surface area contributed by atoms with Crippen LogP contribution >= 0.6 is 0 Å². The average molecular weight is 355 g/mol. The predicted molar refractivity (Wildman–Crippen MR) is 90.7 cm³/mol. The molecule has 0 aromatic heterocycles. The minimum Gasteiger partial charge on any atom is -0.480 e. The van der Waals surface area contributed by atoms with Crippen molar-refractivity contribution in [1.29, 1.82) is 0 Å². The number of carboxylic acids is 1. The van der Waals surface area contributed by atoms with Gasteiger partial charge in [0.25, 0.3) is 5.91 Å². The minimum atomic E-state index is -0.991. The summed E-state index contributed by atoms with van der Waals surface area (Å²) in [7, 11) is 0. The van der Waals surface area contributed by atoms with Crippen LogP contribution in [0.2, 0.25) is 0 Å². The molecule has 0 aromatic rings. The molecule has 0 spiro atoms. The lowest BCUT2D eigenvalue weighted by atomic mass is 9.97. The van der Waals surface area contributed by atoms with Crippen LogP contribution in [0.15, 0.2) is 0 Å². The number of aliphatic carboxylic acids is 1. The Labute approximate surface area is 148 Å². The number of amides is 2. The summed E-state index contributed by atoms with van der Waals surface area (Å²) < 4.78 is 5.32. The molecule has 8 nitrogen and oxygen atoms in total. The van der Waals surface area contributed by atoms with Gasteiger partial charge in [-0.05, 0) is 31.7 Å². The van der Waals surface area contributed by atoms with Crippen LogP contribution in [0.5, 0.6) is 0 Å². The molecule has 2 amide bonds. The number of nitrogens with zero attached hydrogens (tertiary/aromatic N) is 1. The Morgan fingerprint density at radius 1 is 1.32 bits per heavy atom. The van der Waals surface area contributed by atoms with Gasteiger partial charge in [0.05, 0.1) is 0 Å². The van der Waals surface area contributed by atoms with Crippen LogP contribution in [0.3, 0.4) is 0 Å². The summed E-state index contributed by atoms with van der Waals surface area (Å²) in [5.74, 6) is -1.72. The molecule has 2 aliphatic rings. The Bertz CT molecular complexity index is 513. The van der Waals surface area contributed by atoms with Crippen LogP contribution in [0.1, 0.15) is 46.5 Å². The van der Waals surface area contributed by atoms with E-state index >= 15 is 0 Å². The summed E-state index contributed by atoms with van der Waals surface area (Å²) in [6.07, 6.45) is 1.88. The second-order valence-corrected chi connectivity index (χ2v) is 6.83. The largest absolute Gasteiger partial charge is 0.480 e. The van der Waals surface area contributed by atoms with Crippen LogP contribution in [0.25, 0.3) is 0 Å². The van der Waals surface area contributed by atoms with Crippen LogP contribution in [0, 0.1) is 5.92 Å². The zero-order chi connectivity index (χ0) is 18.6. The second-order valence-electron chi connectivity index (χ2n) is 6.83. The number of carbonyl (C=O) groups excluding carboxylic acids is 2. The molecule has 0 saturated carbocycles. The Morgan fingerprint density at radius 3 is 2.64 bits per heavy atom. The van der Waals surface area contributed by atoms with E-state index in [0.717, 1.165) is 13.0 Å². The Kier molecular flexibility index (Phi) is 6.78. The summed E-state index contributed by atoms with van der Waals surface area (Å²) in [6, 6.07) is -1.53. The molecule has 0 aliphatic carbocycles. The molecule has 3 unspecified atom stereocenters. The summed E-state index contributed by atoms with van der Waals surface area (Å²) in [6.45, 7) is 7.02. The SMILES string of the molecule is CCCNC1OC1C(=O)N[C@H](C(=O)N1CCC[C@@H]1C(=O)O)C(C)CC. The molecular weight excluding hydrogens is 326 g/mol. The number of epoxide rings is 1. The van der Waals surface area contributed by atoms with Crippen molar-refractivity contribution in [2.75, 3.05) is 13.1 Å². The molecule has 0 aromatic carbocycles. The van der Waals surface area contributed by atoms with E-state index in [0.29, 0.717) is 25.8 Å². The highest BCUT2D eigenvalue weighted by Gasteiger charge is 2.47. The number of carbonyl (C=O) groups is 3. The Balaban J connectivity index is 2.00. The molecule has 5 atom stereocenters. The number of ether oxygens (including phenoxy) is 1. The lowest BCUT2D eigenvalue weighted by Gasteiger charge is -2.30. The van der Waals surface area contributed by atoms with E-state index in [9.17, 15) is 19.5 Å². The van der Waals surface area contributed by atoms with Gasteiger partial charge in [0.1, 0.15) is 18.3 Å². The molecule has 142 valence electrons. The number of likely N-dealkylation sites (tertiary alicyclic amines) is 1. The third kappa shape index (κ3) is 4.70. The fourth-order valence-corrected chi connectivity index (χ4v) is 3.14. The molecule has 0 radical (unpaired) electrons. The van der Waals surface area contributed by atoms with Crippen molar-refractivity contribution in [3.63, 3.8) is 0 Å². The van der Waals surface area contributed by atoms with Crippen molar-refractivity contribution in [1.82, 2.24) is 15.5 Å². The number of carboxylic acid groups (broad SMARTS) is 1.